The fourth-order valence-corrected chi connectivity index (χ4v) is 5.14. The summed E-state index contributed by atoms with van der Waals surface area (Å²) in [5, 5.41) is 23.4. The number of aromatic carboxylic acids is 1. The maximum absolute atomic E-state index is 13.0. The fraction of sp³-hybridized carbons (Fsp3) is 0.241. The van der Waals surface area contributed by atoms with Crippen molar-refractivity contribution in [3.8, 4) is 6.07 Å². The molecular formula is C29H25Cl2N7O3. The Balaban J connectivity index is 1.44. The summed E-state index contributed by atoms with van der Waals surface area (Å²) in [4.78, 5) is 41.9. The number of aromatic nitrogens is 3. The molecule has 2 aromatic heterocycles. The number of hydrogen-bond donors (Lipinski definition) is 2. The van der Waals surface area contributed by atoms with E-state index in [0.717, 1.165) is 11.1 Å². The molecule has 1 amide bonds. The molecule has 1 saturated heterocycles. The molecule has 0 saturated carbocycles. The standard InChI is InChI=1S/C29H25Cl2N7O3/c1-16-13-20(17(2)33-21-7-8-24(31)35-26(21)29(40)41)25-22(14-16)34-23(15-32)27(36-25)37-9-11-38(12-10-37)28(39)18-3-5-19(30)6-4-18/h3-8,13-14,17,33H,9-12H2,1-2H3,(H,40,41)/t17-/m1/s1. The first-order chi connectivity index (χ1) is 19.6. The van der Waals surface area contributed by atoms with E-state index in [1.54, 1.807) is 35.2 Å². The van der Waals surface area contributed by atoms with Crippen molar-refractivity contribution in [1.29, 1.82) is 5.26 Å². The van der Waals surface area contributed by atoms with Gasteiger partial charge >= 0.3 is 5.97 Å². The van der Waals surface area contributed by atoms with Crippen molar-refractivity contribution in [1.82, 2.24) is 19.9 Å². The van der Waals surface area contributed by atoms with Gasteiger partial charge in [0.2, 0.25) is 0 Å². The van der Waals surface area contributed by atoms with Crippen LogP contribution in [0.1, 0.15) is 50.6 Å². The summed E-state index contributed by atoms with van der Waals surface area (Å²) in [6.45, 7) is 5.65. The molecule has 0 unspecified atom stereocenters. The van der Waals surface area contributed by atoms with Crippen LogP contribution in [0.15, 0.2) is 48.5 Å². The van der Waals surface area contributed by atoms with E-state index in [-0.39, 0.29) is 28.5 Å². The number of pyridine rings is 1. The van der Waals surface area contributed by atoms with Crippen molar-refractivity contribution < 1.29 is 14.7 Å². The summed E-state index contributed by atoms with van der Waals surface area (Å²) in [5.41, 5.74) is 3.71. The van der Waals surface area contributed by atoms with Gasteiger partial charge in [0.25, 0.3) is 5.91 Å². The van der Waals surface area contributed by atoms with Gasteiger partial charge in [-0.2, -0.15) is 5.26 Å². The van der Waals surface area contributed by atoms with E-state index in [0.29, 0.717) is 59.3 Å². The number of piperazine rings is 1. The average molecular weight is 590 g/mol. The molecule has 1 fully saturated rings. The van der Waals surface area contributed by atoms with Gasteiger partial charge in [0.05, 0.1) is 22.8 Å². The fourth-order valence-electron chi connectivity index (χ4n) is 4.87. The van der Waals surface area contributed by atoms with Crippen LogP contribution in [0.4, 0.5) is 11.5 Å². The van der Waals surface area contributed by atoms with Crippen LogP contribution in [-0.2, 0) is 0 Å². The van der Waals surface area contributed by atoms with Crippen LogP contribution in [0.3, 0.4) is 0 Å². The topological polar surface area (TPSA) is 135 Å². The van der Waals surface area contributed by atoms with Crippen LogP contribution in [0.25, 0.3) is 11.0 Å². The molecule has 5 rings (SSSR count). The summed E-state index contributed by atoms with van der Waals surface area (Å²) in [6.07, 6.45) is 0. The third-order valence-corrected chi connectivity index (χ3v) is 7.35. The minimum Gasteiger partial charge on any atom is -0.476 e. The molecule has 0 bridgehead atoms. The number of carbonyl (C=O) groups is 2. The molecule has 0 aliphatic carbocycles. The Labute approximate surface area is 246 Å². The van der Waals surface area contributed by atoms with Gasteiger partial charge in [-0.15, -0.1) is 0 Å². The normalized spacial score (nSPS) is 14.0. The summed E-state index contributed by atoms with van der Waals surface area (Å²) in [6, 6.07) is 15.5. The minimum atomic E-state index is -1.20. The van der Waals surface area contributed by atoms with Crippen LogP contribution < -0.4 is 10.2 Å². The number of aryl methyl sites for hydroxylation is 1. The predicted octanol–water partition coefficient (Wildman–Crippen LogP) is 5.35. The van der Waals surface area contributed by atoms with E-state index < -0.39 is 5.97 Å². The van der Waals surface area contributed by atoms with E-state index in [1.165, 1.54) is 6.07 Å². The zero-order chi connectivity index (χ0) is 29.3. The lowest BCUT2D eigenvalue weighted by atomic mass is 10.0. The lowest BCUT2D eigenvalue weighted by Gasteiger charge is -2.35. The minimum absolute atomic E-state index is 0.0797. The Morgan fingerprint density at radius 2 is 1.73 bits per heavy atom. The number of anilines is 2. The summed E-state index contributed by atoms with van der Waals surface area (Å²) < 4.78 is 0. The second kappa shape index (κ2) is 11.6. The van der Waals surface area contributed by atoms with Crippen molar-refractivity contribution >= 4 is 57.6 Å². The number of carboxylic acid groups (broad SMARTS) is 1. The van der Waals surface area contributed by atoms with Gasteiger partial charge in [-0.25, -0.2) is 19.7 Å². The highest BCUT2D eigenvalue weighted by Gasteiger charge is 2.26. The quantitative estimate of drug-likeness (QED) is 0.285. The SMILES string of the molecule is Cc1cc([C@@H](C)Nc2ccc(Cl)nc2C(=O)O)c2nc(N3CCN(C(=O)c4ccc(Cl)cc4)CC3)c(C#N)nc2c1. The molecule has 2 N–H and O–H groups in total. The number of hydrogen-bond acceptors (Lipinski definition) is 8. The van der Waals surface area contributed by atoms with Crippen LogP contribution in [-0.4, -0.2) is 63.0 Å². The molecule has 1 aliphatic rings. The van der Waals surface area contributed by atoms with E-state index in [2.05, 4.69) is 21.4 Å². The summed E-state index contributed by atoms with van der Waals surface area (Å²) in [5.74, 6) is -0.845. The van der Waals surface area contributed by atoms with E-state index in [4.69, 9.17) is 28.2 Å². The maximum atomic E-state index is 13.0. The van der Waals surface area contributed by atoms with Gasteiger partial charge in [-0.3, -0.25) is 4.79 Å². The number of nitrogens with one attached hydrogen (secondary N) is 1. The number of fused-ring (bicyclic) bond motifs is 1. The Bertz CT molecular complexity index is 1700. The molecule has 4 aromatic rings. The third-order valence-electron chi connectivity index (χ3n) is 6.89. The molecule has 3 heterocycles. The number of halogens is 2. The lowest BCUT2D eigenvalue weighted by molar-refractivity contribution is 0.0690. The van der Waals surface area contributed by atoms with Crippen molar-refractivity contribution in [2.45, 2.75) is 19.9 Å². The van der Waals surface area contributed by atoms with E-state index in [1.807, 2.05) is 30.9 Å². The van der Waals surface area contributed by atoms with Crippen molar-refractivity contribution in [3.63, 3.8) is 0 Å². The van der Waals surface area contributed by atoms with Gasteiger partial charge < -0.3 is 20.2 Å². The molecular weight excluding hydrogens is 565 g/mol. The average Bonchev–Trinajstić information content (AvgIpc) is 2.97. The molecule has 0 spiro atoms. The molecule has 1 aliphatic heterocycles. The highest BCUT2D eigenvalue weighted by Crippen LogP contribution is 2.31. The van der Waals surface area contributed by atoms with Gasteiger partial charge in [-0.05, 0) is 61.9 Å². The van der Waals surface area contributed by atoms with E-state index in [9.17, 15) is 20.0 Å². The largest absolute Gasteiger partial charge is 0.476 e. The number of nitrogens with zero attached hydrogens (tertiary/aromatic N) is 6. The number of benzene rings is 2. The number of carboxylic acids is 1. The monoisotopic (exact) mass is 589 g/mol. The smallest absolute Gasteiger partial charge is 0.356 e. The summed E-state index contributed by atoms with van der Waals surface area (Å²) >= 11 is 11.9. The van der Waals surface area contributed by atoms with Crippen LogP contribution >= 0.6 is 23.2 Å². The van der Waals surface area contributed by atoms with Crippen molar-refractivity contribution in [2.75, 3.05) is 36.4 Å². The Morgan fingerprint density at radius 1 is 1.02 bits per heavy atom. The predicted molar refractivity (Wildman–Crippen MR) is 157 cm³/mol. The molecule has 1 atom stereocenters. The van der Waals surface area contributed by atoms with Crippen molar-refractivity contribution in [3.05, 3.63) is 86.8 Å². The molecule has 12 heteroatoms. The molecule has 2 aromatic carbocycles. The highest BCUT2D eigenvalue weighted by atomic mass is 35.5. The first-order valence-corrected chi connectivity index (χ1v) is 13.6. The van der Waals surface area contributed by atoms with Gasteiger partial charge in [0.1, 0.15) is 11.2 Å². The second-order valence-corrected chi connectivity index (χ2v) is 10.5. The number of nitriles is 1. The van der Waals surface area contributed by atoms with Crippen LogP contribution in [0.5, 0.6) is 0 Å². The van der Waals surface area contributed by atoms with Gasteiger partial charge in [-0.1, -0.05) is 29.3 Å². The second-order valence-electron chi connectivity index (χ2n) is 9.72. The van der Waals surface area contributed by atoms with Crippen LogP contribution in [0.2, 0.25) is 10.2 Å². The first-order valence-electron chi connectivity index (χ1n) is 12.8. The third kappa shape index (κ3) is 5.87. The first kappa shape index (κ1) is 28.1. The maximum Gasteiger partial charge on any atom is 0.356 e. The number of rotatable bonds is 6. The van der Waals surface area contributed by atoms with Crippen LogP contribution in [0, 0.1) is 18.3 Å². The Morgan fingerprint density at radius 3 is 2.39 bits per heavy atom. The molecule has 41 heavy (non-hydrogen) atoms. The van der Waals surface area contributed by atoms with Crippen molar-refractivity contribution in [2.24, 2.45) is 0 Å². The molecule has 10 nitrogen and oxygen atoms in total. The highest BCUT2D eigenvalue weighted by molar-refractivity contribution is 6.30. The zero-order valence-electron chi connectivity index (χ0n) is 22.2. The van der Waals surface area contributed by atoms with Gasteiger partial charge in [0.15, 0.2) is 17.2 Å². The molecule has 0 radical (unpaired) electrons. The number of carbonyl (C=O) groups excluding carboxylic acids is 1. The van der Waals surface area contributed by atoms with E-state index >= 15 is 0 Å². The van der Waals surface area contributed by atoms with Gasteiger partial charge in [0, 0.05) is 42.3 Å². The molecule has 208 valence electrons. The summed E-state index contributed by atoms with van der Waals surface area (Å²) in [7, 11) is 0. The number of amides is 1. The Hall–Kier alpha value is -4.46. The lowest BCUT2D eigenvalue weighted by Crippen LogP contribution is -2.49. The Kier molecular flexibility index (Phi) is 7.92. The zero-order valence-corrected chi connectivity index (χ0v) is 23.7.